The third-order valence-electron chi connectivity index (χ3n) is 3.34. The number of hydrogen-bond acceptors (Lipinski definition) is 4. The number of nitrogens with two attached hydrogens (primary N) is 1. The van der Waals surface area contributed by atoms with Gasteiger partial charge >= 0.3 is 0 Å². The fraction of sp³-hybridized carbons (Fsp3) is 0.500. The lowest BCUT2D eigenvalue weighted by atomic mass is 9.95. The molecule has 1 unspecified atom stereocenters. The van der Waals surface area contributed by atoms with Crippen LogP contribution in [0.1, 0.15) is 44.6 Å². The van der Waals surface area contributed by atoms with Crippen LogP contribution >= 0.6 is 0 Å². The molecule has 0 amide bonds. The number of nitrogens with zero attached hydrogens (tertiary/aromatic N) is 4. The van der Waals surface area contributed by atoms with Crippen LogP contribution in [0, 0.1) is 0 Å². The summed E-state index contributed by atoms with van der Waals surface area (Å²) in [5, 5.41) is 11.9. The summed E-state index contributed by atoms with van der Waals surface area (Å²) in [6.45, 7) is 6.17. The Balaban J connectivity index is 2.11. The Labute approximate surface area is 113 Å². The highest BCUT2D eigenvalue weighted by molar-refractivity contribution is 5.15. The largest absolute Gasteiger partial charge is 0.322 e. The van der Waals surface area contributed by atoms with E-state index in [0.29, 0.717) is 0 Å². The van der Waals surface area contributed by atoms with Crippen molar-refractivity contribution in [2.45, 2.75) is 45.2 Å². The van der Waals surface area contributed by atoms with Gasteiger partial charge in [0.1, 0.15) is 0 Å². The summed E-state index contributed by atoms with van der Waals surface area (Å²) in [4.78, 5) is 0. The van der Waals surface area contributed by atoms with Crippen LogP contribution in [0.2, 0.25) is 0 Å². The van der Waals surface area contributed by atoms with Crippen LogP contribution < -0.4 is 5.73 Å². The van der Waals surface area contributed by atoms with Crippen LogP contribution in [-0.2, 0) is 12.0 Å². The van der Waals surface area contributed by atoms with E-state index in [4.69, 9.17) is 5.73 Å². The van der Waals surface area contributed by atoms with Crippen LogP contribution in [-0.4, -0.2) is 20.2 Å². The van der Waals surface area contributed by atoms with Crippen LogP contribution in [0.4, 0.5) is 0 Å². The zero-order valence-electron chi connectivity index (χ0n) is 11.7. The molecular formula is C14H21N5. The Morgan fingerprint density at radius 2 is 1.95 bits per heavy atom. The lowest BCUT2D eigenvalue weighted by Gasteiger charge is -2.26. The predicted octanol–water partition coefficient (Wildman–Crippen LogP) is 2.06. The summed E-state index contributed by atoms with van der Waals surface area (Å²) in [5.74, 6) is 0.734. The quantitative estimate of drug-likeness (QED) is 0.892. The molecule has 19 heavy (non-hydrogen) atoms. The van der Waals surface area contributed by atoms with E-state index in [1.54, 1.807) is 0 Å². The number of benzene rings is 1. The van der Waals surface area contributed by atoms with Gasteiger partial charge in [0.15, 0.2) is 5.82 Å². The molecular weight excluding hydrogens is 238 g/mol. The summed E-state index contributed by atoms with van der Waals surface area (Å²) >= 11 is 0. The van der Waals surface area contributed by atoms with Gasteiger partial charge < -0.3 is 5.73 Å². The first-order chi connectivity index (χ1) is 9.00. The summed E-state index contributed by atoms with van der Waals surface area (Å²) in [7, 11) is 0. The molecule has 0 aliphatic rings. The highest BCUT2D eigenvalue weighted by Gasteiger charge is 2.26. The molecule has 0 aliphatic heterocycles. The fourth-order valence-electron chi connectivity index (χ4n) is 2.11. The third-order valence-corrected chi connectivity index (χ3v) is 3.34. The van der Waals surface area contributed by atoms with Crippen LogP contribution in [0.3, 0.4) is 0 Å². The van der Waals surface area contributed by atoms with Crippen LogP contribution in [0.25, 0.3) is 0 Å². The molecule has 0 spiro atoms. The lowest BCUT2D eigenvalue weighted by Crippen LogP contribution is -2.32. The number of tetrazole rings is 1. The highest BCUT2D eigenvalue weighted by atomic mass is 15.6. The summed E-state index contributed by atoms with van der Waals surface area (Å²) in [6.07, 6.45) is 1.95. The number of rotatable bonds is 5. The Hall–Kier alpha value is -1.75. The monoisotopic (exact) mass is 259 g/mol. The SMILES string of the molecule is CC(N)c1nnnn1C(C)(C)CCc1ccccc1. The molecule has 0 bridgehead atoms. The molecule has 1 heterocycles. The van der Waals surface area contributed by atoms with Gasteiger partial charge in [0.25, 0.3) is 0 Å². The minimum atomic E-state index is -0.161. The first-order valence-electron chi connectivity index (χ1n) is 6.59. The second-order valence-electron chi connectivity index (χ2n) is 5.54. The van der Waals surface area contributed by atoms with Gasteiger partial charge in [-0.1, -0.05) is 30.3 Å². The molecule has 0 saturated heterocycles. The van der Waals surface area contributed by atoms with Crippen molar-refractivity contribution in [3.05, 3.63) is 41.7 Å². The van der Waals surface area contributed by atoms with Crippen molar-refractivity contribution in [1.82, 2.24) is 20.2 Å². The Bertz CT molecular complexity index is 516. The number of hydrogen-bond donors (Lipinski definition) is 1. The maximum Gasteiger partial charge on any atom is 0.168 e. The Morgan fingerprint density at radius 1 is 1.26 bits per heavy atom. The molecule has 1 aromatic carbocycles. The first kappa shape index (κ1) is 13.7. The summed E-state index contributed by atoms with van der Waals surface area (Å²) in [6, 6.07) is 10.3. The van der Waals surface area contributed by atoms with Gasteiger partial charge in [-0.05, 0) is 49.6 Å². The van der Waals surface area contributed by atoms with Crippen molar-refractivity contribution in [2.24, 2.45) is 5.73 Å². The van der Waals surface area contributed by atoms with Crippen molar-refractivity contribution < 1.29 is 0 Å². The second-order valence-corrected chi connectivity index (χ2v) is 5.54. The standard InChI is InChI=1S/C14H21N5/c1-11(15)13-16-17-18-19(13)14(2,3)10-9-12-7-5-4-6-8-12/h4-8,11H,9-10,15H2,1-3H3. The molecule has 2 aromatic rings. The second kappa shape index (κ2) is 5.48. The average molecular weight is 259 g/mol. The Morgan fingerprint density at radius 3 is 2.58 bits per heavy atom. The maximum atomic E-state index is 5.90. The summed E-state index contributed by atoms with van der Waals surface area (Å²) in [5.41, 5.74) is 7.07. The van der Waals surface area contributed by atoms with Crippen molar-refractivity contribution in [3.8, 4) is 0 Å². The van der Waals surface area contributed by atoms with E-state index < -0.39 is 0 Å². The third kappa shape index (κ3) is 3.17. The molecule has 0 fully saturated rings. The van der Waals surface area contributed by atoms with E-state index in [2.05, 4.69) is 53.6 Å². The van der Waals surface area contributed by atoms with Crippen molar-refractivity contribution >= 4 is 0 Å². The average Bonchev–Trinajstić information content (AvgIpc) is 2.88. The predicted molar refractivity (Wildman–Crippen MR) is 74.5 cm³/mol. The molecule has 0 saturated carbocycles. The van der Waals surface area contributed by atoms with E-state index in [-0.39, 0.29) is 11.6 Å². The van der Waals surface area contributed by atoms with Gasteiger partial charge in [-0.3, -0.25) is 0 Å². The topological polar surface area (TPSA) is 69.6 Å². The van der Waals surface area contributed by atoms with Gasteiger partial charge in [0.2, 0.25) is 0 Å². The van der Waals surface area contributed by atoms with E-state index >= 15 is 0 Å². The number of aryl methyl sites for hydroxylation is 1. The van der Waals surface area contributed by atoms with Gasteiger partial charge in [-0.25, -0.2) is 4.68 Å². The Kier molecular flexibility index (Phi) is 3.95. The van der Waals surface area contributed by atoms with E-state index in [9.17, 15) is 0 Å². The van der Waals surface area contributed by atoms with Crippen molar-refractivity contribution in [2.75, 3.05) is 0 Å². The summed E-state index contributed by atoms with van der Waals surface area (Å²) < 4.78 is 1.85. The van der Waals surface area contributed by atoms with Crippen molar-refractivity contribution in [1.29, 1.82) is 0 Å². The van der Waals surface area contributed by atoms with Gasteiger partial charge in [0, 0.05) is 0 Å². The van der Waals surface area contributed by atoms with Crippen molar-refractivity contribution in [3.63, 3.8) is 0 Å². The van der Waals surface area contributed by atoms with Gasteiger partial charge in [-0.15, -0.1) is 5.10 Å². The molecule has 2 N–H and O–H groups in total. The molecule has 102 valence electrons. The maximum absolute atomic E-state index is 5.90. The molecule has 5 heteroatoms. The minimum absolute atomic E-state index is 0.150. The van der Waals surface area contributed by atoms with Gasteiger partial charge in [-0.2, -0.15) is 0 Å². The smallest absolute Gasteiger partial charge is 0.168 e. The number of aromatic nitrogens is 4. The minimum Gasteiger partial charge on any atom is -0.322 e. The van der Waals surface area contributed by atoms with Crippen LogP contribution in [0.5, 0.6) is 0 Å². The molecule has 0 radical (unpaired) electrons. The van der Waals surface area contributed by atoms with Gasteiger partial charge in [0.05, 0.1) is 11.6 Å². The lowest BCUT2D eigenvalue weighted by molar-refractivity contribution is 0.276. The zero-order chi connectivity index (χ0) is 13.9. The molecule has 0 aliphatic carbocycles. The molecule has 1 aromatic heterocycles. The highest BCUT2D eigenvalue weighted by Crippen LogP contribution is 2.23. The van der Waals surface area contributed by atoms with E-state index in [1.807, 2.05) is 17.7 Å². The molecule has 5 nitrogen and oxygen atoms in total. The molecule has 2 rings (SSSR count). The van der Waals surface area contributed by atoms with Crippen LogP contribution in [0.15, 0.2) is 30.3 Å². The normalized spacial score (nSPS) is 13.5. The first-order valence-corrected chi connectivity index (χ1v) is 6.59. The van der Waals surface area contributed by atoms with E-state index in [0.717, 1.165) is 18.7 Å². The zero-order valence-corrected chi connectivity index (χ0v) is 11.7. The molecule has 1 atom stereocenters. The van der Waals surface area contributed by atoms with E-state index in [1.165, 1.54) is 5.56 Å². The fourth-order valence-corrected chi connectivity index (χ4v) is 2.11.